The standard InChI is InChI=1S/C30H42N7O18P3S/c1-30(2,25(42)28(43)33-9-8-20(39)32-10-11-59-21(40)12-18(38)17-6-4-3-5-7-17)14-52-58(49,50)55-57(47,48)51-13-19-24(54-56(44,45)46)23(41)29(53-19)37-16-36-22-26(31)34-15-35-27(22)37/h3-7,15-16,19,23-25,29,41-42H,8-14H2,1-2H3,(H,32,39)(H,33,43)(H,47,48)(H,49,50)(H2,31,34,35)(H2,44,45,46)/t19-,23-,24-,25?,29-/m1/s1. The number of anilines is 1. The number of nitrogens with one attached hydrogen (secondary N) is 2. The summed E-state index contributed by atoms with van der Waals surface area (Å²) >= 11 is 0.872. The Labute approximate surface area is 338 Å². The Bertz CT molecular complexity index is 2130. The normalized spacial score (nSPS) is 21.0. The quantitative estimate of drug-likeness (QED) is 0.0276. The van der Waals surface area contributed by atoms with Crippen molar-refractivity contribution in [1.29, 1.82) is 0 Å². The summed E-state index contributed by atoms with van der Waals surface area (Å²) in [4.78, 5) is 99.9. The second kappa shape index (κ2) is 20.3. The number of thioether (sulfide) groups is 1. The molecule has 7 atom stereocenters. The van der Waals surface area contributed by atoms with Crippen molar-refractivity contribution in [2.45, 2.75) is 57.3 Å². The predicted octanol–water partition coefficient (Wildman–Crippen LogP) is -0.0623. The van der Waals surface area contributed by atoms with Gasteiger partial charge in [-0.2, -0.15) is 4.31 Å². The topological polar surface area (TPSA) is 381 Å². The summed E-state index contributed by atoms with van der Waals surface area (Å²) in [6, 6.07) is 8.29. The first-order valence-corrected chi connectivity index (χ1v) is 22.6. The minimum Gasteiger partial charge on any atom is -0.386 e. The number of aliphatic hydroxyl groups is 2. The molecule has 326 valence electrons. The van der Waals surface area contributed by atoms with Crippen molar-refractivity contribution in [3.8, 4) is 0 Å². The number of amides is 2. The molecule has 1 saturated heterocycles. The summed E-state index contributed by atoms with van der Waals surface area (Å²) < 4.78 is 62.1. The number of rotatable bonds is 22. The Kier molecular flexibility index (Phi) is 16.6. The second-order valence-electron chi connectivity index (χ2n) is 13.3. The van der Waals surface area contributed by atoms with Crippen molar-refractivity contribution in [2.75, 3.05) is 37.8 Å². The van der Waals surface area contributed by atoms with Crippen LogP contribution in [0.5, 0.6) is 0 Å². The number of nitrogens with two attached hydrogens (primary N) is 1. The molecule has 1 fully saturated rings. The van der Waals surface area contributed by atoms with Gasteiger partial charge in [-0.1, -0.05) is 55.9 Å². The highest BCUT2D eigenvalue weighted by atomic mass is 32.2. The molecule has 0 spiro atoms. The molecular formula is C30H42N7O18P3S. The molecular weight excluding hydrogens is 871 g/mol. The first-order chi connectivity index (χ1) is 27.5. The van der Waals surface area contributed by atoms with Gasteiger partial charge >= 0.3 is 23.5 Å². The lowest BCUT2D eigenvalue weighted by atomic mass is 9.87. The van der Waals surface area contributed by atoms with E-state index in [1.165, 1.54) is 13.8 Å². The number of hydrogen-bond donors (Lipinski definition) is 9. The Hall–Kier alpha value is -3.55. The van der Waals surface area contributed by atoms with Crippen LogP contribution in [0.4, 0.5) is 5.82 Å². The lowest BCUT2D eigenvalue weighted by Gasteiger charge is -2.30. The maximum Gasteiger partial charge on any atom is 0.481 e. The molecule has 59 heavy (non-hydrogen) atoms. The summed E-state index contributed by atoms with van der Waals surface area (Å²) in [5, 5.41) is 25.9. The Morgan fingerprint density at radius 3 is 2.36 bits per heavy atom. The van der Waals surface area contributed by atoms with E-state index >= 15 is 0 Å². The van der Waals surface area contributed by atoms with Gasteiger partial charge < -0.3 is 50.9 Å². The number of carbonyl (C=O) groups is 4. The van der Waals surface area contributed by atoms with E-state index in [9.17, 15) is 62.7 Å². The number of ketones is 1. The summed E-state index contributed by atoms with van der Waals surface area (Å²) in [5.74, 6) is -1.70. The van der Waals surface area contributed by atoms with Crippen LogP contribution in [0.2, 0.25) is 0 Å². The minimum atomic E-state index is -5.59. The van der Waals surface area contributed by atoms with Crippen LogP contribution in [0.15, 0.2) is 43.0 Å². The fourth-order valence-electron chi connectivity index (χ4n) is 5.20. The van der Waals surface area contributed by atoms with Crippen LogP contribution in [-0.4, -0.2) is 128 Å². The largest absolute Gasteiger partial charge is 0.481 e. The van der Waals surface area contributed by atoms with E-state index in [4.69, 9.17) is 19.5 Å². The number of fused-ring (bicyclic) bond motifs is 1. The van der Waals surface area contributed by atoms with Crippen LogP contribution >= 0.6 is 35.2 Å². The smallest absolute Gasteiger partial charge is 0.386 e. The molecule has 29 heteroatoms. The van der Waals surface area contributed by atoms with Crippen molar-refractivity contribution in [3.05, 3.63) is 48.5 Å². The minimum absolute atomic E-state index is 0.0225. The van der Waals surface area contributed by atoms with Crippen LogP contribution in [-0.2, 0) is 50.7 Å². The van der Waals surface area contributed by atoms with Crippen molar-refractivity contribution in [3.63, 3.8) is 0 Å². The molecule has 0 aliphatic carbocycles. The third-order valence-electron chi connectivity index (χ3n) is 8.17. The maximum atomic E-state index is 12.7. The van der Waals surface area contributed by atoms with E-state index < -0.39 is 84.6 Å². The van der Waals surface area contributed by atoms with Gasteiger partial charge in [0, 0.05) is 36.2 Å². The maximum absolute atomic E-state index is 12.7. The molecule has 1 aliphatic heterocycles. The molecule has 2 amide bonds. The number of Topliss-reactive ketones (excluding diaryl/α,β-unsaturated/α-hetero) is 1. The van der Waals surface area contributed by atoms with Gasteiger partial charge in [-0.3, -0.25) is 37.3 Å². The first-order valence-electron chi connectivity index (χ1n) is 17.1. The van der Waals surface area contributed by atoms with Gasteiger partial charge in [0.15, 0.2) is 28.6 Å². The highest BCUT2D eigenvalue weighted by molar-refractivity contribution is 8.13. The number of aromatic nitrogens is 4. The fourth-order valence-corrected chi connectivity index (χ4v) is 8.70. The third kappa shape index (κ3) is 14.3. The van der Waals surface area contributed by atoms with Crippen LogP contribution in [0.1, 0.15) is 43.3 Å². The molecule has 4 rings (SSSR count). The Balaban J connectivity index is 1.20. The van der Waals surface area contributed by atoms with Gasteiger partial charge in [-0.05, 0) is 0 Å². The molecule has 1 aromatic carbocycles. The summed E-state index contributed by atoms with van der Waals surface area (Å²) in [7, 11) is -16.4. The van der Waals surface area contributed by atoms with E-state index in [1.54, 1.807) is 30.3 Å². The molecule has 0 saturated carbocycles. The molecule has 10 N–H and O–H groups in total. The fraction of sp³-hybridized carbons (Fsp3) is 0.500. The van der Waals surface area contributed by atoms with Gasteiger partial charge in [0.1, 0.15) is 36.3 Å². The summed E-state index contributed by atoms with van der Waals surface area (Å²) in [6.07, 6.45) is -7.36. The van der Waals surface area contributed by atoms with E-state index in [0.717, 1.165) is 29.0 Å². The predicted molar refractivity (Wildman–Crippen MR) is 202 cm³/mol. The zero-order chi connectivity index (χ0) is 43.8. The van der Waals surface area contributed by atoms with Gasteiger partial charge in [0.25, 0.3) is 0 Å². The molecule has 25 nitrogen and oxygen atoms in total. The zero-order valence-electron chi connectivity index (χ0n) is 31.1. The lowest BCUT2D eigenvalue weighted by Crippen LogP contribution is -2.46. The van der Waals surface area contributed by atoms with Crippen LogP contribution in [0.3, 0.4) is 0 Å². The number of nitrogens with zero attached hydrogens (tertiary/aromatic N) is 4. The highest BCUT2D eigenvalue weighted by Crippen LogP contribution is 2.61. The van der Waals surface area contributed by atoms with E-state index in [1.807, 2.05) is 0 Å². The van der Waals surface area contributed by atoms with E-state index in [-0.39, 0.29) is 59.6 Å². The number of benzene rings is 1. The number of phosphoric ester groups is 3. The van der Waals surface area contributed by atoms with Crippen LogP contribution < -0.4 is 16.4 Å². The number of hydrogen-bond acceptors (Lipinski definition) is 19. The van der Waals surface area contributed by atoms with Crippen LogP contribution in [0.25, 0.3) is 11.2 Å². The Morgan fingerprint density at radius 1 is 1.00 bits per heavy atom. The summed E-state index contributed by atoms with van der Waals surface area (Å²) in [5.41, 5.74) is 4.63. The molecule has 0 bridgehead atoms. The average Bonchev–Trinajstić information content (AvgIpc) is 3.71. The second-order valence-corrected chi connectivity index (χ2v) is 18.6. The third-order valence-corrected chi connectivity index (χ3v) is 12.1. The van der Waals surface area contributed by atoms with Gasteiger partial charge in [0.05, 0.1) is 26.0 Å². The zero-order valence-corrected chi connectivity index (χ0v) is 34.6. The summed E-state index contributed by atoms with van der Waals surface area (Å²) in [6.45, 7) is 0.255. The lowest BCUT2D eigenvalue weighted by molar-refractivity contribution is -0.137. The number of aliphatic hydroxyl groups excluding tert-OH is 2. The molecule has 1 aliphatic rings. The molecule has 0 radical (unpaired) electrons. The van der Waals surface area contributed by atoms with E-state index in [0.29, 0.717) is 5.56 Å². The average molecular weight is 914 g/mol. The molecule has 3 heterocycles. The highest BCUT2D eigenvalue weighted by Gasteiger charge is 2.50. The first kappa shape index (κ1) is 48.1. The molecule has 3 unspecified atom stereocenters. The van der Waals surface area contributed by atoms with Gasteiger partial charge in [0.2, 0.25) is 11.8 Å². The molecule has 3 aromatic rings. The number of phosphoric acid groups is 3. The van der Waals surface area contributed by atoms with Crippen LogP contribution in [0, 0.1) is 5.41 Å². The number of ether oxygens (including phenoxy) is 1. The van der Waals surface area contributed by atoms with Crippen molar-refractivity contribution in [2.24, 2.45) is 5.41 Å². The Morgan fingerprint density at radius 2 is 1.68 bits per heavy atom. The monoisotopic (exact) mass is 913 g/mol. The number of imidazole rings is 1. The van der Waals surface area contributed by atoms with Crippen molar-refractivity contribution in [1.82, 2.24) is 30.2 Å². The molecule has 2 aromatic heterocycles. The van der Waals surface area contributed by atoms with Gasteiger partial charge in [-0.25, -0.2) is 28.6 Å². The number of carbonyl (C=O) groups excluding carboxylic acids is 4. The SMILES string of the molecule is CC(C)(COP(=O)(O)OP(=O)(O)OC[C@H]1O[C@@H](n2cnc3c(N)ncnc32)[C@H](O)[C@@H]1OP(=O)(O)O)C(O)C(=O)NCCC(=O)NCCSC(=O)CC(=O)c1ccccc1. The van der Waals surface area contributed by atoms with Crippen molar-refractivity contribution < 1.29 is 85.3 Å². The van der Waals surface area contributed by atoms with E-state index in [2.05, 4.69) is 34.4 Å². The van der Waals surface area contributed by atoms with Gasteiger partial charge in [-0.15, -0.1) is 0 Å². The van der Waals surface area contributed by atoms with Crippen molar-refractivity contribution >= 4 is 74.9 Å². The number of nitrogen functional groups attached to an aromatic ring is 1.